The zero-order valence-electron chi connectivity index (χ0n) is 18.1. The lowest BCUT2D eigenvalue weighted by atomic mass is 9.68. The number of rotatable bonds is 6. The van der Waals surface area contributed by atoms with Gasteiger partial charge in [-0.3, -0.25) is 0 Å². The molecule has 0 aromatic rings. The number of esters is 1. The molecule has 178 valence electrons. The summed E-state index contributed by atoms with van der Waals surface area (Å²) in [6.07, 6.45) is 5.85. The Bertz CT molecular complexity index is 630. The van der Waals surface area contributed by atoms with Gasteiger partial charge in [-0.1, -0.05) is 11.6 Å². The van der Waals surface area contributed by atoms with Gasteiger partial charge in [0, 0.05) is 6.61 Å². The van der Waals surface area contributed by atoms with Gasteiger partial charge in [-0.15, -0.1) is 0 Å². The predicted molar refractivity (Wildman–Crippen MR) is 106 cm³/mol. The van der Waals surface area contributed by atoms with Gasteiger partial charge in [0.15, 0.2) is 0 Å². The molecule has 0 aromatic heterocycles. The molecule has 3 nitrogen and oxygen atoms in total. The molecule has 2 fully saturated rings. The highest BCUT2D eigenvalue weighted by Gasteiger charge is 2.65. The summed E-state index contributed by atoms with van der Waals surface area (Å²) in [5, 5.41) is 0. The van der Waals surface area contributed by atoms with Gasteiger partial charge < -0.3 is 9.47 Å². The third kappa shape index (κ3) is 5.99. The minimum absolute atomic E-state index is 0.352. The summed E-state index contributed by atoms with van der Waals surface area (Å²) >= 11 is 0. The Morgan fingerprint density at radius 1 is 0.903 bits per heavy atom. The molecular weight excluding hydrogens is 419 g/mol. The highest BCUT2D eigenvalue weighted by Crippen LogP contribution is 2.44. The first-order chi connectivity index (χ1) is 14.6. The Labute approximate surface area is 180 Å². The fourth-order valence-corrected chi connectivity index (χ4v) is 5.57. The fourth-order valence-electron chi connectivity index (χ4n) is 5.57. The van der Waals surface area contributed by atoms with Crippen molar-refractivity contribution in [3.8, 4) is 0 Å². The molecular formula is C23H33F5O3. The second kappa shape index (κ2) is 10.2. The molecule has 1 unspecified atom stereocenters. The van der Waals surface area contributed by atoms with Crippen LogP contribution in [-0.2, 0) is 14.3 Å². The largest absolute Gasteiger partial charge is 0.465 e. The summed E-state index contributed by atoms with van der Waals surface area (Å²) in [4.78, 5) is 11.3. The SMILES string of the molecule is CCOC1CC=C(C2CCC(C3CCC(OC(=O)C(F)(F)C(F)(F)F)CC3)CC2)CC1. The number of carbonyl (C=O) groups is 1. The van der Waals surface area contributed by atoms with Crippen LogP contribution in [0.1, 0.15) is 77.6 Å². The highest BCUT2D eigenvalue weighted by atomic mass is 19.4. The van der Waals surface area contributed by atoms with Crippen LogP contribution in [0.15, 0.2) is 11.6 Å². The van der Waals surface area contributed by atoms with Gasteiger partial charge in [0.1, 0.15) is 6.10 Å². The number of alkyl halides is 5. The lowest BCUT2D eigenvalue weighted by Crippen LogP contribution is -2.46. The normalized spacial score (nSPS) is 33.0. The topological polar surface area (TPSA) is 35.5 Å². The van der Waals surface area contributed by atoms with Crippen LogP contribution >= 0.6 is 0 Å². The first-order valence-electron chi connectivity index (χ1n) is 11.6. The van der Waals surface area contributed by atoms with Crippen LogP contribution in [-0.4, -0.2) is 36.9 Å². The van der Waals surface area contributed by atoms with Crippen molar-refractivity contribution >= 4 is 5.97 Å². The molecule has 0 radical (unpaired) electrons. The molecule has 3 rings (SSSR count). The number of hydrogen-bond donors (Lipinski definition) is 0. The molecule has 0 spiro atoms. The third-order valence-corrected chi connectivity index (χ3v) is 7.37. The summed E-state index contributed by atoms with van der Waals surface area (Å²) < 4.78 is 73.3. The zero-order valence-corrected chi connectivity index (χ0v) is 18.1. The highest BCUT2D eigenvalue weighted by molar-refractivity contribution is 5.78. The molecule has 0 amide bonds. The maximum atomic E-state index is 13.1. The molecule has 0 N–H and O–H groups in total. The van der Waals surface area contributed by atoms with Crippen molar-refractivity contribution in [2.75, 3.05) is 6.61 Å². The Balaban J connectivity index is 1.40. The van der Waals surface area contributed by atoms with Crippen LogP contribution in [0.25, 0.3) is 0 Å². The molecule has 0 heterocycles. The Morgan fingerprint density at radius 3 is 1.97 bits per heavy atom. The van der Waals surface area contributed by atoms with Gasteiger partial charge in [-0.25, -0.2) is 4.79 Å². The van der Waals surface area contributed by atoms with Crippen molar-refractivity contribution in [1.29, 1.82) is 0 Å². The molecule has 0 aromatic carbocycles. The van der Waals surface area contributed by atoms with Gasteiger partial charge in [-0.2, -0.15) is 22.0 Å². The lowest BCUT2D eigenvalue weighted by Gasteiger charge is -2.39. The first kappa shape index (κ1) is 24.5. The van der Waals surface area contributed by atoms with Crippen LogP contribution in [0.3, 0.4) is 0 Å². The molecule has 2 saturated carbocycles. The van der Waals surface area contributed by atoms with E-state index in [2.05, 4.69) is 10.8 Å². The monoisotopic (exact) mass is 452 g/mol. The van der Waals surface area contributed by atoms with Crippen LogP contribution in [0, 0.1) is 17.8 Å². The average molecular weight is 453 g/mol. The Morgan fingerprint density at radius 2 is 1.48 bits per heavy atom. The number of halogens is 5. The second-order valence-electron chi connectivity index (χ2n) is 9.26. The summed E-state index contributed by atoms with van der Waals surface area (Å²) in [5.74, 6) is -6.29. The van der Waals surface area contributed by atoms with Gasteiger partial charge in [0.05, 0.1) is 6.10 Å². The van der Waals surface area contributed by atoms with Crippen molar-refractivity contribution in [2.45, 2.75) is 102 Å². The van der Waals surface area contributed by atoms with Crippen LogP contribution in [0.2, 0.25) is 0 Å². The van der Waals surface area contributed by atoms with E-state index in [1.54, 1.807) is 5.57 Å². The number of carbonyl (C=O) groups excluding carboxylic acids is 1. The molecule has 0 aliphatic heterocycles. The third-order valence-electron chi connectivity index (χ3n) is 7.37. The standard InChI is InChI=1S/C23H33F5O3/c1-2-30-19-11-7-17(8-12-19)15-3-5-16(6-4-15)18-9-13-20(14-10-18)31-21(29)22(24,25)23(26,27)28/h7,15-16,18-20H,2-6,8-14H2,1H3. The van der Waals surface area contributed by atoms with Crippen LogP contribution in [0.4, 0.5) is 22.0 Å². The Kier molecular flexibility index (Phi) is 8.03. The number of hydrogen-bond acceptors (Lipinski definition) is 3. The van der Waals surface area contributed by atoms with E-state index in [0.29, 0.717) is 49.5 Å². The lowest BCUT2D eigenvalue weighted by molar-refractivity contribution is -0.282. The van der Waals surface area contributed by atoms with Crippen LogP contribution < -0.4 is 0 Å². The molecule has 3 aliphatic rings. The molecule has 31 heavy (non-hydrogen) atoms. The van der Waals surface area contributed by atoms with Gasteiger partial charge in [0.2, 0.25) is 0 Å². The smallest absolute Gasteiger partial charge is 0.458 e. The van der Waals surface area contributed by atoms with Gasteiger partial charge in [-0.05, 0) is 95.3 Å². The molecule has 0 saturated heterocycles. The molecule has 1 atom stereocenters. The maximum absolute atomic E-state index is 13.1. The molecule has 3 aliphatic carbocycles. The summed E-state index contributed by atoms with van der Waals surface area (Å²) in [6.45, 7) is 2.78. The maximum Gasteiger partial charge on any atom is 0.465 e. The zero-order chi connectivity index (χ0) is 22.6. The van der Waals surface area contributed by atoms with E-state index in [1.165, 1.54) is 0 Å². The predicted octanol–water partition coefficient (Wildman–Crippen LogP) is 6.61. The van der Waals surface area contributed by atoms with Crippen molar-refractivity contribution in [3.63, 3.8) is 0 Å². The van der Waals surface area contributed by atoms with E-state index < -0.39 is 24.2 Å². The average Bonchev–Trinajstić information content (AvgIpc) is 2.74. The van der Waals surface area contributed by atoms with Crippen LogP contribution in [0.5, 0.6) is 0 Å². The Hall–Kier alpha value is -1.18. The minimum atomic E-state index is -5.92. The van der Waals surface area contributed by atoms with Crippen molar-refractivity contribution < 1.29 is 36.2 Å². The van der Waals surface area contributed by atoms with E-state index in [4.69, 9.17) is 4.74 Å². The van der Waals surface area contributed by atoms with Crippen molar-refractivity contribution in [3.05, 3.63) is 11.6 Å². The van der Waals surface area contributed by atoms with E-state index in [-0.39, 0.29) is 0 Å². The summed E-state index contributed by atoms with van der Waals surface area (Å²) in [7, 11) is 0. The van der Waals surface area contributed by atoms with E-state index in [0.717, 1.165) is 51.6 Å². The van der Waals surface area contributed by atoms with Crippen molar-refractivity contribution in [1.82, 2.24) is 0 Å². The summed E-state index contributed by atoms with van der Waals surface area (Å²) in [6, 6.07) is 0. The second-order valence-corrected chi connectivity index (χ2v) is 9.26. The van der Waals surface area contributed by atoms with E-state index in [1.807, 2.05) is 6.92 Å². The van der Waals surface area contributed by atoms with Crippen molar-refractivity contribution in [2.24, 2.45) is 17.8 Å². The number of ether oxygens (including phenoxy) is 2. The minimum Gasteiger partial charge on any atom is -0.458 e. The molecule has 0 bridgehead atoms. The van der Waals surface area contributed by atoms with Gasteiger partial charge >= 0.3 is 18.1 Å². The summed E-state index contributed by atoms with van der Waals surface area (Å²) in [5.41, 5.74) is 1.57. The fraction of sp³-hybridized carbons (Fsp3) is 0.870. The first-order valence-corrected chi connectivity index (χ1v) is 11.6. The molecule has 8 heteroatoms. The quantitative estimate of drug-likeness (QED) is 0.259. The number of allylic oxidation sites excluding steroid dienone is 1. The van der Waals surface area contributed by atoms with E-state index in [9.17, 15) is 26.7 Å². The van der Waals surface area contributed by atoms with Gasteiger partial charge in [0.25, 0.3) is 0 Å². The van der Waals surface area contributed by atoms with E-state index >= 15 is 0 Å².